The number of nitrogens with zero attached hydrogens (tertiary/aromatic N) is 3. The largest absolute Gasteiger partial charge is 0.330 e. The molecular weight excluding hydrogens is 176 g/mol. The second kappa shape index (κ2) is 3.75. The van der Waals surface area contributed by atoms with Gasteiger partial charge >= 0.3 is 0 Å². The first-order valence-electron chi connectivity index (χ1n) is 4.88. The van der Waals surface area contributed by atoms with E-state index in [-0.39, 0.29) is 0 Å². The minimum absolute atomic E-state index is 0.653. The van der Waals surface area contributed by atoms with Gasteiger partial charge in [0.25, 0.3) is 0 Å². The fourth-order valence-corrected chi connectivity index (χ4v) is 1.64. The zero-order valence-electron chi connectivity index (χ0n) is 8.27. The summed E-state index contributed by atoms with van der Waals surface area (Å²) >= 11 is 0. The minimum atomic E-state index is 0.653. The van der Waals surface area contributed by atoms with Crippen LogP contribution in [0.25, 0.3) is 5.65 Å². The van der Waals surface area contributed by atoms with E-state index in [1.807, 2.05) is 12.1 Å². The van der Waals surface area contributed by atoms with Crippen LogP contribution in [0.15, 0.2) is 18.2 Å². The fraction of sp³-hybridized carbons (Fsp3) is 0.400. The van der Waals surface area contributed by atoms with Crippen molar-refractivity contribution in [3.05, 3.63) is 29.7 Å². The molecule has 0 unspecified atom stereocenters. The second-order valence-electron chi connectivity index (χ2n) is 3.22. The fourth-order valence-electron chi connectivity index (χ4n) is 1.64. The van der Waals surface area contributed by atoms with Crippen molar-refractivity contribution < 1.29 is 0 Å². The highest BCUT2D eigenvalue weighted by Gasteiger charge is 2.06. The van der Waals surface area contributed by atoms with Crippen molar-refractivity contribution in [3.63, 3.8) is 0 Å². The van der Waals surface area contributed by atoms with Gasteiger partial charge in [0, 0.05) is 18.5 Å². The van der Waals surface area contributed by atoms with Crippen LogP contribution in [0.3, 0.4) is 0 Å². The van der Waals surface area contributed by atoms with Crippen LogP contribution in [0, 0.1) is 0 Å². The number of fused-ring (bicyclic) bond motifs is 1. The number of aryl methyl sites for hydroxylation is 1. The molecule has 0 saturated heterocycles. The Hall–Kier alpha value is -1.42. The van der Waals surface area contributed by atoms with Gasteiger partial charge in [0.1, 0.15) is 5.82 Å². The maximum atomic E-state index is 5.56. The van der Waals surface area contributed by atoms with E-state index in [1.165, 1.54) is 5.69 Å². The van der Waals surface area contributed by atoms with Crippen LogP contribution in [0.1, 0.15) is 18.4 Å². The van der Waals surface area contributed by atoms with Gasteiger partial charge in [-0.1, -0.05) is 13.0 Å². The molecule has 2 N–H and O–H groups in total. The van der Waals surface area contributed by atoms with Crippen LogP contribution in [-0.2, 0) is 12.8 Å². The zero-order valence-corrected chi connectivity index (χ0v) is 8.27. The lowest BCUT2D eigenvalue weighted by atomic mass is 10.2. The highest BCUT2D eigenvalue weighted by molar-refractivity contribution is 5.40. The lowest BCUT2D eigenvalue weighted by Crippen LogP contribution is -2.08. The maximum absolute atomic E-state index is 5.56. The molecule has 14 heavy (non-hydrogen) atoms. The van der Waals surface area contributed by atoms with E-state index in [0.717, 1.165) is 24.3 Å². The minimum Gasteiger partial charge on any atom is -0.330 e. The predicted octanol–water partition coefficient (Wildman–Crippen LogP) is 0.793. The van der Waals surface area contributed by atoms with E-state index in [1.54, 1.807) is 0 Å². The van der Waals surface area contributed by atoms with E-state index in [4.69, 9.17) is 5.73 Å². The standard InChI is InChI=1S/C10H14N4/c1-2-9-12-13-10-5-3-4-8(6-7-11)14(9)10/h3-5H,2,6-7,11H2,1H3. The molecule has 0 aliphatic heterocycles. The van der Waals surface area contributed by atoms with Gasteiger partial charge in [-0.25, -0.2) is 0 Å². The van der Waals surface area contributed by atoms with Gasteiger partial charge in [-0.05, 0) is 18.7 Å². The Labute approximate surface area is 82.8 Å². The van der Waals surface area contributed by atoms with Crippen molar-refractivity contribution in [3.8, 4) is 0 Å². The molecule has 0 radical (unpaired) electrons. The Morgan fingerprint density at radius 1 is 1.36 bits per heavy atom. The highest BCUT2D eigenvalue weighted by atomic mass is 15.2. The third kappa shape index (κ3) is 1.37. The maximum Gasteiger partial charge on any atom is 0.160 e. The average Bonchev–Trinajstić information content (AvgIpc) is 2.62. The normalized spacial score (nSPS) is 11.0. The van der Waals surface area contributed by atoms with Gasteiger partial charge in [-0.2, -0.15) is 0 Å². The summed E-state index contributed by atoms with van der Waals surface area (Å²) in [6.45, 7) is 2.73. The molecule has 0 fully saturated rings. The molecule has 2 aromatic heterocycles. The summed E-state index contributed by atoms with van der Waals surface area (Å²) in [6.07, 6.45) is 1.76. The molecule has 2 aromatic rings. The summed E-state index contributed by atoms with van der Waals surface area (Å²) in [6, 6.07) is 6.03. The monoisotopic (exact) mass is 190 g/mol. The van der Waals surface area contributed by atoms with Crippen LogP contribution >= 0.6 is 0 Å². The SMILES string of the molecule is CCc1nnc2cccc(CCN)n12. The van der Waals surface area contributed by atoms with E-state index in [2.05, 4.69) is 27.6 Å². The molecule has 2 heterocycles. The number of rotatable bonds is 3. The molecule has 4 heteroatoms. The van der Waals surface area contributed by atoms with Crippen molar-refractivity contribution in [2.75, 3.05) is 6.54 Å². The highest BCUT2D eigenvalue weighted by Crippen LogP contribution is 2.09. The molecule has 0 saturated carbocycles. The molecular formula is C10H14N4. The van der Waals surface area contributed by atoms with Crippen LogP contribution in [0.5, 0.6) is 0 Å². The van der Waals surface area contributed by atoms with Crippen molar-refractivity contribution in [2.24, 2.45) is 5.73 Å². The zero-order chi connectivity index (χ0) is 9.97. The van der Waals surface area contributed by atoms with Crippen molar-refractivity contribution in [2.45, 2.75) is 19.8 Å². The molecule has 0 atom stereocenters. The third-order valence-electron chi connectivity index (χ3n) is 2.29. The van der Waals surface area contributed by atoms with Crippen LogP contribution in [-0.4, -0.2) is 21.1 Å². The molecule has 74 valence electrons. The smallest absolute Gasteiger partial charge is 0.160 e. The Balaban J connectivity index is 2.62. The van der Waals surface area contributed by atoms with E-state index < -0.39 is 0 Å². The van der Waals surface area contributed by atoms with Crippen LogP contribution < -0.4 is 5.73 Å². The van der Waals surface area contributed by atoms with Gasteiger partial charge in [0.05, 0.1) is 0 Å². The molecule has 2 rings (SSSR count). The summed E-state index contributed by atoms with van der Waals surface area (Å²) in [5, 5.41) is 8.23. The van der Waals surface area contributed by atoms with Crippen molar-refractivity contribution in [1.29, 1.82) is 0 Å². The Kier molecular flexibility index (Phi) is 2.45. The van der Waals surface area contributed by atoms with E-state index >= 15 is 0 Å². The number of hydrogen-bond donors (Lipinski definition) is 1. The van der Waals surface area contributed by atoms with Gasteiger partial charge in [-0.3, -0.25) is 4.40 Å². The Morgan fingerprint density at radius 3 is 2.93 bits per heavy atom. The van der Waals surface area contributed by atoms with Crippen LogP contribution in [0.4, 0.5) is 0 Å². The number of aromatic nitrogens is 3. The lowest BCUT2D eigenvalue weighted by molar-refractivity contribution is 0.839. The quantitative estimate of drug-likeness (QED) is 0.778. The second-order valence-corrected chi connectivity index (χ2v) is 3.22. The van der Waals surface area contributed by atoms with Gasteiger partial charge in [0.15, 0.2) is 5.65 Å². The average molecular weight is 190 g/mol. The number of hydrogen-bond acceptors (Lipinski definition) is 3. The van der Waals surface area contributed by atoms with Gasteiger partial charge in [-0.15, -0.1) is 10.2 Å². The first-order chi connectivity index (χ1) is 6.86. The topological polar surface area (TPSA) is 56.2 Å². The van der Waals surface area contributed by atoms with Gasteiger partial charge in [0.2, 0.25) is 0 Å². The molecule has 0 amide bonds. The molecule has 0 aliphatic rings. The lowest BCUT2D eigenvalue weighted by Gasteiger charge is -2.04. The molecule has 4 nitrogen and oxygen atoms in total. The molecule has 0 spiro atoms. The molecule has 0 aliphatic carbocycles. The summed E-state index contributed by atoms with van der Waals surface area (Å²) < 4.78 is 2.09. The molecule has 0 bridgehead atoms. The summed E-state index contributed by atoms with van der Waals surface area (Å²) in [4.78, 5) is 0. The number of pyridine rings is 1. The predicted molar refractivity (Wildman–Crippen MR) is 55.1 cm³/mol. The number of nitrogens with two attached hydrogens (primary N) is 1. The molecule has 0 aromatic carbocycles. The summed E-state index contributed by atoms with van der Waals surface area (Å²) in [7, 11) is 0. The Bertz CT molecular complexity index is 433. The van der Waals surface area contributed by atoms with Crippen LogP contribution in [0.2, 0.25) is 0 Å². The summed E-state index contributed by atoms with van der Waals surface area (Å²) in [5.74, 6) is 1.00. The van der Waals surface area contributed by atoms with Crippen molar-refractivity contribution in [1.82, 2.24) is 14.6 Å². The van der Waals surface area contributed by atoms with E-state index in [9.17, 15) is 0 Å². The van der Waals surface area contributed by atoms with Crippen molar-refractivity contribution >= 4 is 5.65 Å². The van der Waals surface area contributed by atoms with Gasteiger partial charge < -0.3 is 5.73 Å². The Morgan fingerprint density at radius 2 is 2.21 bits per heavy atom. The van der Waals surface area contributed by atoms with E-state index in [0.29, 0.717) is 6.54 Å². The first-order valence-corrected chi connectivity index (χ1v) is 4.88. The summed E-state index contributed by atoms with van der Waals surface area (Å²) in [5.41, 5.74) is 7.65. The first kappa shape index (κ1) is 9.15. The third-order valence-corrected chi connectivity index (χ3v) is 2.29.